The molecule has 0 saturated heterocycles. The van der Waals surface area contributed by atoms with Gasteiger partial charge in [-0.2, -0.15) is 0 Å². The second kappa shape index (κ2) is 5.41. The van der Waals surface area contributed by atoms with Gasteiger partial charge in [-0.15, -0.1) is 0 Å². The average Bonchev–Trinajstić information content (AvgIpc) is 2.74. The van der Waals surface area contributed by atoms with Gasteiger partial charge in [0.2, 0.25) is 0 Å². The van der Waals surface area contributed by atoms with Crippen LogP contribution >= 0.6 is 0 Å². The van der Waals surface area contributed by atoms with Gasteiger partial charge in [0, 0.05) is 18.9 Å². The lowest BCUT2D eigenvalue weighted by Gasteiger charge is -2.22. The molecule has 1 aromatic heterocycles. The van der Waals surface area contributed by atoms with Gasteiger partial charge in [0.25, 0.3) is 0 Å². The van der Waals surface area contributed by atoms with Crippen LogP contribution in [0.3, 0.4) is 0 Å². The third kappa shape index (κ3) is 3.29. The Labute approximate surface area is 96.9 Å². The molecular formula is C13H20N2O. The second-order valence-corrected chi connectivity index (χ2v) is 4.72. The van der Waals surface area contributed by atoms with Gasteiger partial charge in [-0.25, -0.2) is 0 Å². The van der Waals surface area contributed by atoms with Crippen molar-refractivity contribution in [2.45, 2.75) is 37.7 Å². The largest absolute Gasteiger partial charge is 0.389 e. The van der Waals surface area contributed by atoms with Crippen LogP contribution in [0.4, 0.5) is 0 Å². The normalized spacial score (nSPS) is 18.8. The van der Waals surface area contributed by atoms with Crippen molar-refractivity contribution in [1.29, 1.82) is 0 Å². The molecule has 1 saturated carbocycles. The minimum absolute atomic E-state index is 0.436. The summed E-state index contributed by atoms with van der Waals surface area (Å²) in [7, 11) is 0. The molecule has 16 heavy (non-hydrogen) atoms. The summed E-state index contributed by atoms with van der Waals surface area (Å²) in [4.78, 5) is 4.08. The molecular weight excluding hydrogens is 200 g/mol. The van der Waals surface area contributed by atoms with Crippen molar-refractivity contribution in [2.75, 3.05) is 13.1 Å². The Kier molecular flexibility index (Phi) is 3.91. The van der Waals surface area contributed by atoms with Crippen LogP contribution in [0.15, 0.2) is 24.5 Å². The van der Waals surface area contributed by atoms with Gasteiger partial charge in [-0.3, -0.25) is 4.98 Å². The molecule has 0 unspecified atom stereocenters. The fourth-order valence-electron chi connectivity index (χ4n) is 2.31. The molecule has 2 rings (SSSR count). The summed E-state index contributed by atoms with van der Waals surface area (Å²) in [5.41, 5.74) is 0.808. The Hall–Kier alpha value is -0.930. The Morgan fingerprint density at radius 1 is 1.38 bits per heavy atom. The predicted molar refractivity (Wildman–Crippen MR) is 64.2 cm³/mol. The van der Waals surface area contributed by atoms with Crippen LogP contribution in [0, 0.1) is 0 Å². The maximum atomic E-state index is 10.1. The van der Waals surface area contributed by atoms with Gasteiger partial charge < -0.3 is 10.4 Å². The molecule has 0 atom stereocenters. The zero-order chi connectivity index (χ0) is 11.3. The minimum Gasteiger partial charge on any atom is -0.389 e. The summed E-state index contributed by atoms with van der Waals surface area (Å²) in [5.74, 6) is 0. The molecule has 0 aromatic carbocycles. The van der Waals surface area contributed by atoms with E-state index in [0.29, 0.717) is 0 Å². The first-order valence-corrected chi connectivity index (χ1v) is 6.11. The maximum absolute atomic E-state index is 10.1. The van der Waals surface area contributed by atoms with Crippen molar-refractivity contribution in [3.8, 4) is 0 Å². The Bertz CT molecular complexity index is 307. The predicted octanol–water partition coefficient (Wildman–Crippen LogP) is 1.52. The topological polar surface area (TPSA) is 45.1 Å². The highest BCUT2D eigenvalue weighted by molar-refractivity contribution is 5.08. The van der Waals surface area contributed by atoms with Crippen molar-refractivity contribution in [1.82, 2.24) is 10.3 Å². The van der Waals surface area contributed by atoms with Gasteiger partial charge in [-0.1, -0.05) is 18.9 Å². The molecule has 1 aromatic rings. The molecule has 1 aliphatic rings. The Morgan fingerprint density at radius 2 is 2.19 bits per heavy atom. The molecule has 3 nitrogen and oxygen atoms in total. The number of hydrogen-bond acceptors (Lipinski definition) is 3. The second-order valence-electron chi connectivity index (χ2n) is 4.72. The molecule has 3 heteroatoms. The van der Waals surface area contributed by atoms with E-state index in [0.717, 1.165) is 32.4 Å². The van der Waals surface area contributed by atoms with Gasteiger partial charge >= 0.3 is 0 Å². The molecule has 0 amide bonds. The van der Waals surface area contributed by atoms with Crippen molar-refractivity contribution in [3.05, 3.63) is 30.1 Å². The van der Waals surface area contributed by atoms with Crippen LogP contribution in [0.5, 0.6) is 0 Å². The molecule has 1 fully saturated rings. The molecule has 0 aliphatic heterocycles. The molecule has 2 N–H and O–H groups in total. The maximum Gasteiger partial charge on any atom is 0.0771 e. The van der Waals surface area contributed by atoms with Crippen molar-refractivity contribution in [2.24, 2.45) is 0 Å². The Morgan fingerprint density at radius 3 is 2.88 bits per heavy atom. The van der Waals surface area contributed by atoms with Gasteiger partial charge in [0.15, 0.2) is 0 Å². The monoisotopic (exact) mass is 220 g/mol. The van der Waals surface area contributed by atoms with E-state index in [-0.39, 0.29) is 0 Å². The number of nitrogens with one attached hydrogen (secondary N) is 1. The summed E-state index contributed by atoms with van der Waals surface area (Å²) in [6.45, 7) is 1.64. The molecule has 0 radical (unpaired) electrons. The van der Waals surface area contributed by atoms with Crippen LogP contribution < -0.4 is 5.32 Å². The molecule has 1 aliphatic carbocycles. The number of nitrogens with zero attached hydrogens (tertiary/aromatic N) is 1. The summed E-state index contributed by atoms with van der Waals surface area (Å²) in [6, 6.07) is 4.04. The fourth-order valence-corrected chi connectivity index (χ4v) is 2.31. The van der Waals surface area contributed by atoms with E-state index in [1.54, 1.807) is 6.20 Å². The highest BCUT2D eigenvalue weighted by atomic mass is 16.3. The lowest BCUT2D eigenvalue weighted by Crippen LogP contribution is -2.38. The van der Waals surface area contributed by atoms with E-state index < -0.39 is 5.60 Å². The third-order valence-corrected chi connectivity index (χ3v) is 3.30. The standard InChI is InChI=1S/C13H20N2O/c16-13(6-1-2-7-13)11-15-9-5-12-4-3-8-14-10-12/h3-4,8,10,15-16H,1-2,5-7,9,11H2. The fraction of sp³-hybridized carbons (Fsp3) is 0.615. The van der Waals surface area contributed by atoms with Crippen molar-refractivity contribution < 1.29 is 5.11 Å². The van der Waals surface area contributed by atoms with Crippen LogP contribution in [-0.4, -0.2) is 28.8 Å². The first-order chi connectivity index (χ1) is 7.79. The average molecular weight is 220 g/mol. The van der Waals surface area contributed by atoms with Crippen molar-refractivity contribution in [3.63, 3.8) is 0 Å². The van der Waals surface area contributed by atoms with E-state index in [4.69, 9.17) is 0 Å². The smallest absolute Gasteiger partial charge is 0.0771 e. The van der Waals surface area contributed by atoms with Gasteiger partial charge in [0.1, 0.15) is 0 Å². The lowest BCUT2D eigenvalue weighted by atomic mass is 10.0. The molecule has 0 spiro atoms. The zero-order valence-electron chi connectivity index (χ0n) is 9.65. The number of aliphatic hydroxyl groups is 1. The van der Waals surface area contributed by atoms with E-state index >= 15 is 0 Å². The molecule has 1 heterocycles. The van der Waals surface area contributed by atoms with Gasteiger partial charge in [-0.05, 0) is 37.4 Å². The zero-order valence-corrected chi connectivity index (χ0v) is 9.65. The van der Waals surface area contributed by atoms with Crippen LogP contribution in [-0.2, 0) is 6.42 Å². The van der Waals surface area contributed by atoms with E-state index in [2.05, 4.69) is 16.4 Å². The summed E-state index contributed by atoms with van der Waals surface area (Å²) >= 11 is 0. The summed E-state index contributed by atoms with van der Waals surface area (Å²) in [6.07, 6.45) is 8.90. The molecule has 88 valence electrons. The van der Waals surface area contributed by atoms with Crippen molar-refractivity contribution >= 4 is 0 Å². The van der Waals surface area contributed by atoms with Crippen LogP contribution in [0.1, 0.15) is 31.2 Å². The van der Waals surface area contributed by atoms with Gasteiger partial charge in [0.05, 0.1) is 5.60 Å². The van der Waals surface area contributed by atoms with E-state index in [1.807, 2.05) is 12.3 Å². The quantitative estimate of drug-likeness (QED) is 0.739. The van der Waals surface area contributed by atoms with E-state index in [1.165, 1.54) is 18.4 Å². The Balaban J connectivity index is 1.65. The number of pyridine rings is 1. The first-order valence-electron chi connectivity index (χ1n) is 6.11. The lowest BCUT2D eigenvalue weighted by molar-refractivity contribution is 0.0481. The number of hydrogen-bond donors (Lipinski definition) is 2. The molecule has 0 bridgehead atoms. The van der Waals surface area contributed by atoms with E-state index in [9.17, 15) is 5.11 Å². The highest BCUT2D eigenvalue weighted by Gasteiger charge is 2.30. The van der Waals surface area contributed by atoms with Crippen LogP contribution in [0.2, 0.25) is 0 Å². The minimum atomic E-state index is -0.436. The first kappa shape index (κ1) is 11.6. The summed E-state index contributed by atoms with van der Waals surface area (Å²) < 4.78 is 0. The number of aromatic nitrogens is 1. The number of rotatable bonds is 5. The third-order valence-electron chi connectivity index (χ3n) is 3.30. The highest BCUT2D eigenvalue weighted by Crippen LogP contribution is 2.28. The SMILES string of the molecule is OC1(CNCCc2cccnc2)CCCC1. The summed E-state index contributed by atoms with van der Waals surface area (Å²) in [5, 5.41) is 13.5. The van der Waals surface area contributed by atoms with Crippen LogP contribution in [0.25, 0.3) is 0 Å².